The van der Waals surface area contributed by atoms with Crippen LogP contribution in [0.25, 0.3) is 0 Å². The van der Waals surface area contributed by atoms with Gasteiger partial charge in [0.1, 0.15) is 9.84 Å². The summed E-state index contributed by atoms with van der Waals surface area (Å²) in [6.45, 7) is 4.40. The molecular formula is C15H24Cl2N2O3S. The number of sulfone groups is 1. The van der Waals surface area contributed by atoms with Crippen molar-refractivity contribution in [1.82, 2.24) is 5.32 Å². The second kappa shape index (κ2) is 8.87. The fourth-order valence-corrected chi connectivity index (χ4v) is 2.72. The summed E-state index contributed by atoms with van der Waals surface area (Å²) in [7, 11) is -3.12. The summed E-state index contributed by atoms with van der Waals surface area (Å²) in [6, 6.07) is 6.61. The number of carbonyl (C=O) groups excluding carboxylic acids is 1. The molecule has 0 aliphatic carbocycles. The zero-order valence-corrected chi connectivity index (χ0v) is 15.9. The highest BCUT2D eigenvalue weighted by Gasteiger charge is 2.23. The van der Waals surface area contributed by atoms with Gasteiger partial charge in [0, 0.05) is 23.2 Å². The number of nitrogens with two attached hydrogens (primary N) is 1. The molecule has 0 bridgehead atoms. The number of rotatable bonds is 7. The fourth-order valence-electron chi connectivity index (χ4n) is 1.91. The van der Waals surface area contributed by atoms with Crippen LogP contribution in [0, 0.1) is 0 Å². The topological polar surface area (TPSA) is 89.3 Å². The molecular weight excluding hydrogens is 359 g/mol. The summed E-state index contributed by atoms with van der Waals surface area (Å²) >= 11 is 5.87. The van der Waals surface area contributed by atoms with Crippen LogP contribution in [0.5, 0.6) is 0 Å². The molecule has 0 spiro atoms. The van der Waals surface area contributed by atoms with E-state index in [9.17, 15) is 13.2 Å². The highest BCUT2D eigenvalue weighted by molar-refractivity contribution is 7.90. The van der Waals surface area contributed by atoms with E-state index in [1.165, 1.54) is 0 Å². The van der Waals surface area contributed by atoms with Crippen molar-refractivity contribution in [2.45, 2.75) is 31.7 Å². The molecule has 0 aromatic heterocycles. The van der Waals surface area contributed by atoms with Crippen molar-refractivity contribution >= 4 is 39.8 Å². The Kier molecular flexibility index (Phi) is 8.56. The molecule has 1 amide bonds. The average Bonchev–Trinajstić information content (AvgIpc) is 2.42. The average molecular weight is 383 g/mol. The Balaban J connectivity index is 0.00000484. The Labute approximate surface area is 149 Å². The predicted molar refractivity (Wildman–Crippen MR) is 97.0 cm³/mol. The monoisotopic (exact) mass is 382 g/mol. The van der Waals surface area contributed by atoms with Crippen LogP contribution >= 0.6 is 24.0 Å². The molecule has 3 N–H and O–H groups in total. The third kappa shape index (κ3) is 8.01. The molecule has 5 nitrogen and oxygen atoms in total. The first-order valence-electron chi connectivity index (χ1n) is 6.98. The van der Waals surface area contributed by atoms with E-state index < -0.39 is 15.9 Å². The van der Waals surface area contributed by atoms with Crippen LogP contribution in [0.1, 0.15) is 25.8 Å². The maximum absolute atomic E-state index is 11.9. The molecule has 1 rings (SSSR count). The minimum atomic E-state index is -3.12. The van der Waals surface area contributed by atoms with Crippen molar-refractivity contribution in [2.24, 2.45) is 5.73 Å². The summed E-state index contributed by atoms with van der Waals surface area (Å²) in [4.78, 5) is 11.9. The number of nitrogens with one attached hydrogen (secondary N) is 1. The second-order valence-corrected chi connectivity index (χ2v) is 8.83. The van der Waals surface area contributed by atoms with Crippen LogP contribution in [-0.2, 0) is 20.0 Å². The fraction of sp³-hybridized carbons (Fsp3) is 0.533. The SMILES string of the molecule is CC(C)(CNC(=O)C(N)CCS(C)(=O)=O)c1ccc(Cl)cc1.Cl. The number of hydrogen-bond donors (Lipinski definition) is 2. The molecule has 1 atom stereocenters. The van der Waals surface area contributed by atoms with Crippen LogP contribution in [0.3, 0.4) is 0 Å². The minimum absolute atomic E-state index is 0. The Morgan fingerprint density at radius 2 is 1.83 bits per heavy atom. The molecule has 1 aromatic rings. The van der Waals surface area contributed by atoms with E-state index in [-0.39, 0.29) is 35.9 Å². The van der Waals surface area contributed by atoms with E-state index in [4.69, 9.17) is 17.3 Å². The van der Waals surface area contributed by atoms with Crippen molar-refractivity contribution in [1.29, 1.82) is 0 Å². The Morgan fingerprint density at radius 3 is 2.30 bits per heavy atom. The van der Waals surface area contributed by atoms with Crippen molar-refractivity contribution in [3.63, 3.8) is 0 Å². The second-order valence-electron chi connectivity index (χ2n) is 6.13. The van der Waals surface area contributed by atoms with Crippen LogP contribution < -0.4 is 11.1 Å². The van der Waals surface area contributed by atoms with E-state index >= 15 is 0 Å². The predicted octanol–water partition coefficient (Wildman–Crippen LogP) is 1.92. The van der Waals surface area contributed by atoms with Gasteiger partial charge in [0.15, 0.2) is 0 Å². The third-order valence-electron chi connectivity index (χ3n) is 3.47. The van der Waals surface area contributed by atoms with Gasteiger partial charge in [-0.05, 0) is 24.1 Å². The van der Waals surface area contributed by atoms with Crippen LogP contribution in [0.4, 0.5) is 0 Å². The number of halogens is 2. The highest BCUT2D eigenvalue weighted by atomic mass is 35.5. The summed E-state index contributed by atoms with van der Waals surface area (Å²) in [6.07, 6.45) is 1.24. The largest absolute Gasteiger partial charge is 0.354 e. The molecule has 0 aliphatic rings. The molecule has 0 heterocycles. The molecule has 23 heavy (non-hydrogen) atoms. The first-order valence-corrected chi connectivity index (χ1v) is 9.42. The lowest BCUT2D eigenvalue weighted by atomic mass is 9.84. The standard InChI is InChI=1S/C15H23ClN2O3S.ClH/c1-15(2,11-4-6-12(16)7-5-11)10-18-14(19)13(17)8-9-22(3,20)21;/h4-7,13H,8-10,17H2,1-3H3,(H,18,19);1H. The smallest absolute Gasteiger partial charge is 0.236 e. The molecule has 0 saturated carbocycles. The minimum Gasteiger partial charge on any atom is -0.354 e. The molecule has 0 saturated heterocycles. The maximum Gasteiger partial charge on any atom is 0.236 e. The Hall–Kier alpha value is -0.820. The van der Waals surface area contributed by atoms with Crippen molar-refractivity contribution in [2.75, 3.05) is 18.6 Å². The van der Waals surface area contributed by atoms with Crippen LogP contribution in [-0.4, -0.2) is 38.9 Å². The van der Waals surface area contributed by atoms with Gasteiger partial charge in [-0.25, -0.2) is 8.42 Å². The number of benzene rings is 1. The first-order chi connectivity index (χ1) is 10.0. The number of amides is 1. The number of hydrogen-bond acceptors (Lipinski definition) is 4. The molecule has 0 radical (unpaired) electrons. The summed E-state index contributed by atoms with van der Waals surface area (Å²) in [5.74, 6) is -0.437. The van der Waals surface area contributed by atoms with Gasteiger partial charge < -0.3 is 11.1 Å². The Morgan fingerprint density at radius 1 is 1.30 bits per heavy atom. The van der Waals surface area contributed by atoms with Gasteiger partial charge in [0.25, 0.3) is 0 Å². The lowest BCUT2D eigenvalue weighted by Crippen LogP contribution is -2.45. The van der Waals surface area contributed by atoms with Gasteiger partial charge in [-0.15, -0.1) is 12.4 Å². The maximum atomic E-state index is 11.9. The molecule has 1 unspecified atom stereocenters. The van der Waals surface area contributed by atoms with E-state index in [2.05, 4.69) is 5.32 Å². The van der Waals surface area contributed by atoms with Gasteiger partial charge >= 0.3 is 0 Å². The van der Waals surface area contributed by atoms with E-state index in [1.807, 2.05) is 26.0 Å². The van der Waals surface area contributed by atoms with E-state index in [1.54, 1.807) is 12.1 Å². The van der Waals surface area contributed by atoms with Crippen LogP contribution in [0.2, 0.25) is 5.02 Å². The van der Waals surface area contributed by atoms with Crippen molar-refractivity contribution < 1.29 is 13.2 Å². The first kappa shape index (κ1) is 22.2. The van der Waals surface area contributed by atoms with Gasteiger partial charge in [-0.3, -0.25) is 4.79 Å². The van der Waals surface area contributed by atoms with E-state index in [0.717, 1.165) is 11.8 Å². The van der Waals surface area contributed by atoms with E-state index in [0.29, 0.717) is 11.6 Å². The highest BCUT2D eigenvalue weighted by Crippen LogP contribution is 2.23. The molecule has 8 heteroatoms. The van der Waals surface area contributed by atoms with Gasteiger partial charge in [-0.2, -0.15) is 0 Å². The third-order valence-corrected chi connectivity index (χ3v) is 4.70. The zero-order chi connectivity index (χ0) is 17.0. The molecule has 0 fully saturated rings. The van der Waals surface area contributed by atoms with Gasteiger partial charge in [0.2, 0.25) is 5.91 Å². The van der Waals surface area contributed by atoms with Crippen molar-refractivity contribution in [3.05, 3.63) is 34.9 Å². The molecule has 0 aliphatic heterocycles. The number of carbonyl (C=O) groups is 1. The molecule has 1 aromatic carbocycles. The summed E-state index contributed by atoms with van der Waals surface area (Å²) in [5, 5.41) is 3.44. The molecule has 132 valence electrons. The lowest BCUT2D eigenvalue weighted by molar-refractivity contribution is -0.122. The lowest BCUT2D eigenvalue weighted by Gasteiger charge is -2.26. The zero-order valence-electron chi connectivity index (χ0n) is 13.5. The Bertz CT molecular complexity index is 616. The summed E-state index contributed by atoms with van der Waals surface area (Å²) < 4.78 is 22.2. The summed E-state index contributed by atoms with van der Waals surface area (Å²) in [5.41, 5.74) is 6.48. The normalized spacial score (nSPS) is 13.1. The van der Waals surface area contributed by atoms with Crippen LogP contribution in [0.15, 0.2) is 24.3 Å². The van der Waals surface area contributed by atoms with Gasteiger partial charge in [0.05, 0.1) is 11.8 Å². The van der Waals surface area contributed by atoms with Gasteiger partial charge in [-0.1, -0.05) is 37.6 Å². The van der Waals surface area contributed by atoms with Crippen molar-refractivity contribution in [3.8, 4) is 0 Å². The quantitative estimate of drug-likeness (QED) is 0.753.